The van der Waals surface area contributed by atoms with Crippen LogP contribution in [0.25, 0.3) is 11.0 Å². The Kier molecular flexibility index (Phi) is 4.89. The van der Waals surface area contributed by atoms with E-state index in [1.54, 1.807) is 4.57 Å². The van der Waals surface area contributed by atoms with Crippen LogP contribution in [0.15, 0.2) is 23.0 Å². The molecule has 4 rings (SSSR count). The van der Waals surface area contributed by atoms with E-state index in [1.807, 2.05) is 29.9 Å². The zero-order chi connectivity index (χ0) is 20.0. The number of aliphatic hydroxyl groups excluding tert-OH is 1. The number of benzene rings is 1. The van der Waals surface area contributed by atoms with Gasteiger partial charge < -0.3 is 15.4 Å². The van der Waals surface area contributed by atoms with Crippen LogP contribution in [0, 0.1) is 13.8 Å². The van der Waals surface area contributed by atoms with Crippen molar-refractivity contribution in [2.45, 2.75) is 64.8 Å². The summed E-state index contributed by atoms with van der Waals surface area (Å²) < 4.78 is 3.69. The second-order valence-electron chi connectivity index (χ2n) is 8.04. The third-order valence-electron chi connectivity index (χ3n) is 6.17. The van der Waals surface area contributed by atoms with Gasteiger partial charge in [-0.1, -0.05) is 12.1 Å². The summed E-state index contributed by atoms with van der Waals surface area (Å²) in [5, 5.41) is 19.1. The van der Waals surface area contributed by atoms with E-state index in [4.69, 9.17) is 0 Å². The molecule has 0 fully saturated rings. The molecule has 0 saturated heterocycles. The largest absolute Gasteiger partial charge is 0.387 e. The lowest BCUT2D eigenvalue weighted by Gasteiger charge is -2.26. The van der Waals surface area contributed by atoms with Crippen LogP contribution in [-0.2, 0) is 20.0 Å². The van der Waals surface area contributed by atoms with E-state index < -0.39 is 6.10 Å². The standard InChI is InChI=1S/C21H29N5O2/c1-12(8-9-15-13(2)24-25(4)14(15)3)22-18-10-11-26-19-16(20(18)27)6-5-7-17(19)23-21(26)28/h5-7,12,18,20,22,27H,8-11H2,1-4H3,(H,23,28). The second-order valence-corrected chi connectivity index (χ2v) is 8.04. The van der Waals surface area contributed by atoms with Crippen LogP contribution in [0.3, 0.4) is 0 Å². The summed E-state index contributed by atoms with van der Waals surface area (Å²) in [5.41, 5.74) is 5.94. The molecule has 28 heavy (non-hydrogen) atoms. The van der Waals surface area contributed by atoms with Gasteiger partial charge in [-0.25, -0.2) is 4.79 Å². The maximum atomic E-state index is 12.3. The van der Waals surface area contributed by atoms with Gasteiger partial charge in [0.2, 0.25) is 0 Å². The summed E-state index contributed by atoms with van der Waals surface area (Å²) in [7, 11) is 1.98. The number of H-pyrrole nitrogens is 1. The lowest BCUT2D eigenvalue weighted by molar-refractivity contribution is 0.119. The van der Waals surface area contributed by atoms with Gasteiger partial charge >= 0.3 is 5.69 Å². The van der Waals surface area contributed by atoms with E-state index in [0.29, 0.717) is 13.0 Å². The number of hydrogen-bond donors (Lipinski definition) is 3. The zero-order valence-corrected chi connectivity index (χ0v) is 17.0. The minimum absolute atomic E-state index is 0.0870. The van der Waals surface area contributed by atoms with E-state index in [-0.39, 0.29) is 17.8 Å². The highest BCUT2D eigenvalue weighted by Crippen LogP contribution is 2.30. The molecule has 0 amide bonds. The zero-order valence-electron chi connectivity index (χ0n) is 17.0. The molecule has 3 unspecified atom stereocenters. The maximum Gasteiger partial charge on any atom is 0.326 e. The normalized spacial score (nSPS) is 20.5. The Bertz CT molecular complexity index is 1060. The summed E-state index contributed by atoms with van der Waals surface area (Å²) in [6.45, 7) is 6.92. The van der Waals surface area contributed by atoms with Crippen molar-refractivity contribution in [1.82, 2.24) is 24.6 Å². The van der Waals surface area contributed by atoms with Crippen molar-refractivity contribution in [1.29, 1.82) is 0 Å². The van der Waals surface area contributed by atoms with Crippen molar-refractivity contribution < 1.29 is 5.11 Å². The van der Waals surface area contributed by atoms with E-state index in [9.17, 15) is 9.90 Å². The lowest BCUT2D eigenvalue weighted by Crippen LogP contribution is -2.41. The van der Waals surface area contributed by atoms with Gasteiger partial charge in [-0.2, -0.15) is 5.10 Å². The second kappa shape index (κ2) is 7.22. The van der Waals surface area contributed by atoms with Gasteiger partial charge in [0.15, 0.2) is 0 Å². The number of aromatic nitrogens is 4. The molecule has 1 aliphatic rings. The van der Waals surface area contributed by atoms with Gasteiger partial charge in [0.25, 0.3) is 0 Å². The summed E-state index contributed by atoms with van der Waals surface area (Å²) >= 11 is 0. The quantitative estimate of drug-likeness (QED) is 0.630. The van der Waals surface area contributed by atoms with Crippen LogP contribution in [0.1, 0.15) is 48.4 Å². The molecule has 0 aliphatic carbocycles. The number of rotatable bonds is 5. The molecule has 2 aromatic heterocycles. The van der Waals surface area contributed by atoms with Crippen LogP contribution in [0.2, 0.25) is 0 Å². The number of hydrogen-bond acceptors (Lipinski definition) is 4. The van der Waals surface area contributed by atoms with Crippen molar-refractivity contribution in [3.05, 3.63) is 51.2 Å². The first kappa shape index (κ1) is 19.0. The van der Waals surface area contributed by atoms with Crippen LogP contribution < -0.4 is 11.0 Å². The summed E-state index contributed by atoms with van der Waals surface area (Å²) in [4.78, 5) is 15.1. The number of nitrogens with one attached hydrogen (secondary N) is 2. The summed E-state index contributed by atoms with van der Waals surface area (Å²) in [5.74, 6) is 0. The van der Waals surface area contributed by atoms with Crippen molar-refractivity contribution in [2.75, 3.05) is 0 Å². The van der Waals surface area contributed by atoms with Crippen LogP contribution >= 0.6 is 0 Å². The Morgan fingerprint density at radius 3 is 2.89 bits per heavy atom. The minimum atomic E-state index is -0.642. The highest BCUT2D eigenvalue weighted by Gasteiger charge is 2.29. The summed E-state index contributed by atoms with van der Waals surface area (Å²) in [6, 6.07) is 5.85. The molecule has 3 aromatic rings. The molecule has 7 heteroatoms. The van der Waals surface area contributed by atoms with Gasteiger partial charge in [0.05, 0.1) is 22.8 Å². The molecule has 0 bridgehead atoms. The van der Waals surface area contributed by atoms with Crippen LogP contribution in [-0.4, -0.2) is 36.5 Å². The molecule has 150 valence electrons. The maximum absolute atomic E-state index is 12.3. The smallest absolute Gasteiger partial charge is 0.326 e. The highest BCUT2D eigenvalue weighted by atomic mass is 16.3. The molecular weight excluding hydrogens is 354 g/mol. The Hall–Kier alpha value is -2.38. The Morgan fingerprint density at radius 2 is 2.18 bits per heavy atom. The Morgan fingerprint density at radius 1 is 1.39 bits per heavy atom. The molecule has 0 radical (unpaired) electrons. The van der Waals surface area contributed by atoms with Crippen molar-refractivity contribution >= 4 is 11.0 Å². The summed E-state index contributed by atoms with van der Waals surface area (Å²) in [6.07, 6.45) is 1.99. The number of aromatic amines is 1. The first-order valence-electron chi connectivity index (χ1n) is 10.0. The molecule has 0 spiro atoms. The van der Waals surface area contributed by atoms with Gasteiger partial charge in [-0.05, 0) is 51.7 Å². The average molecular weight is 383 g/mol. The molecule has 1 aliphatic heterocycles. The number of aryl methyl sites for hydroxylation is 3. The topological polar surface area (TPSA) is 87.9 Å². The highest BCUT2D eigenvalue weighted by molar-refractivity contribution is 5.79. The Labute approximate surface area is 164 Å². The van der Waals surface area contributed by atoms with Crippen molar-refractivity contribution in [2.24, 2.45) is 7.05 Å². The van der Waals surface area contributed by atoms with E-state index >= 15 is 0 Å². The molecule has 7 nitrogen and oxygen atoms in total. The predicted octanol–water partition coefficient (Wildman–Crippen LogP) is 2.10. The first-order valence-corrected chi connectivity index (χ1v) is 10.0. The van der Waals surface area contributed by atoms with E-state index in [2.05, 4.69) is 36.2 Å². The van der Waals surface area contributed by atoms with Crippen LogP contribution in [0.5, 0.6) is 0 Å². The third-order valence-corrected chi connectivity index (χ3v) is 6.17. The molecule has 3 N–H and O–H groups in total. The molecule has 3 heterocycles. The van der Waals surface area contributed by atoms with Crippen molar-refractivity contribution in [3.63, 3.8) is 0 Å². The fraction of sp³-hybridized carbons (Fsp3) is 0.524. The third kappa shape index (κ3) is 3.18. The van der Waals surface area contributed by atoms with Gasteiger partial charge in [0.1, 0.15) is 0 Å². The van der Waals surface area contributed by atoms with Gasteiger partial charge in [0, 0.05) is 36.9 Å². The lowest BCUT2D eigenvalue weighted by atomic mass is 9.98. The van der Waals surface area contributed by atoms with Crippen molar-refractivity contribution in [3.8, 4) is 0 Å². The number of imidazole rings is 1. The fourth-order valence-corrected chi connectivity index (χ4v) is 4.51. The van der Waals surface area contributed by atoms with Crippen LogP contribution in [0.4, 0.5) is 0 Å². The SMILES string of the molecule is Cc1nn(C)c(C)c1CCC(C)NC1CCn2c(=O)[nH]c3cccc(c32)C1O. The fourth-order valence-electron chi connectivity index (χ4n) is 4.51. The molecular formula is C21H29N5O2. The monoisotopic (exact) mass is 383 g/mol. The average Bonchev–Trinajstić information content (AvgIpc) is 3.05. The number of nitrogens with zero attached hydrogens (tertiary/aromatic N) is 3. The Balaban J connectivity index is 1.48. The van der Waals surface area contributed by atoms with E-state index in [0.717, 1.165) is 35.1 Å². The number of para-hydroxylation sites is 1. The van der Waals surface area contributed by atoms with E-state index in [1.165, 1.54) is 11.3 Å². The number of aliphatic hydroxyl groups is 1. The molecule has 3 atom stereocenters. The first-order chi connectivity index (χ1) is 13.4. The minimum Gasteiger partial charge on any atom is -0.387 e. The molecule has 0 saturated carbocycles. The predicted molar refractivity (Wildman–Crippen MR) is 110 cm³/mol. The molecule has 1 aromatic carbocycles. The van der Waals surface area contributed by atoms with Gasteiger partial charge in [-0.15, -0.1) is 0 Å². The van der Waals surface area contributed by atoms with Gasteiger partial charge in [-0.3, -0.25) is 9.25 Å².